The van der Waals surface area contributed by atoms with Crippen LogP contribution in [0.5, 0.6) is 0 Å². The third kappa shape index (κ3) is 2.37. The van der Waals surface area contributed by atoms with Crippen molar-refractivity contribution in [3.8, 4) is 0 Å². The van der Waals surface area contributed by atoms with Crippen LogP contribution < -0.4 is 5.73 Å². The third-order valence-corrected chi connectivity index (χ3v) is 2.24. The Morgan fingerprint density at radius 2 is 1.92 bits per heavy atom. The number of benzene rings is 1. The van der Waals surface area contributed by atoms with Crippen molar-refractivity contribution in [1.29, 1.82) is 0 Å². The van der Waals surface area contributed by atoms with Crippen LogP contribution in [-0.4, -0.2) is 22.1 Å². The van der Waals surface area contributed by atoms with Crippen molar-refractivity contribution in [2.45, 2.75) is 12.2 Å². The molecule has 0 saturated heterocycles. The zero-order valence-corrected chi connectivity index (χ0v) is 7.98. The molecule has 3 nitrogen and oxygen atoms in total. The van der Waals surface area contributed by atoms with Crippen LogP contribution in [0.2, 0.25) is 0 Å². The topological polar surface area (TPSA) is 66.5 Å². The van der Waals surface area contributed by atoms with E-state index in [1.165, 1.54) is 0 Å². The number of hydrogen-bond donors (Lipinski definition) is 4. The van der Waals surface area contributed by atoms with Gasteiger partial charge in [0.25, 0.3) is 0 Å². The highest BCUT2D eigenvalue weighted by Gasteiger charge is 2.18. The molecule has 1 aromatic rings. The maximum atomic E-state index is 9.59. The van der Waals surface area contributed by atoms with Crippen LogP contribution in [0.15, 0.2) is 24.3 Å². The summed E-state index contributed by atoms with van der Waals surface area (Å²) >= 11 is 3.89. The third-order valence-electron chi connectivity index (χ3n) is 1.87. The number of aliphatic hydroxyl groups excluding tert-OH is 2. The summed E-state index contributed by atoms with van der Waals surface area (Å²) < 4.78 is 0. The van der Waals surface area contributed by atoms with Crippen LogP contribution in [0.3, 0.4) is 0 Å². The highest BCUT2D eigenvalue weighted by molar-refractivity contribution is 7.80. The molecule has 0 heterocycles. The van der Waals surface area contributed by atoms with E-state index in [0.717, 1.165) is 0 Å². The maximum absolute atomic E-state index is 9.59. The van der Waals surface area contributed by atoms with Crippen molar-refractivity contribution in [2.75, 3.05) is 11.5 Å². The zero-order valence-electron chi connectivity index (χ0n) is 7.09. The predicted octanol–water partition coefficient (Wildman–Crippen LogP) is 0.593. The van der Waals surface area contributed by atoms with Crippen LogP contribution in [0, 0.1) is 0 Å². The second-order valence-electron chi connectivity index (χ2n) is 2.82. The van der Waals surface area contributed by atoms with Crippen molar-refractivity contribution >= 4 is 18.3 Å². The minimum atomic E-state index is -0.960. The van der Waals surface area contributed by atoms with Crippen LogP contribution in [0.4, 0.5) is 5.69 Å². The summed E-state index contributed by atoms with van der Waals surface area (Å²) in [4.78, 5) is 0. The summed E-state index contributed by atoms with van der Waals surface area (Å²) in [5.74, 6) is 0.204. The summed E-state index contributed by atoms with van der Waals surface area (Å²) in [5, 5.41) is 18.9. The molecule has 0 bridgehead atoms. The summed E-state index contributed by atoms with van der Waals surface area (Å²) in [6.45, 7) is 0. The fourth-order valence-corrected chi connectivity index (χ4v) is 1.29. The predicted molar refractivity (Wildman–Crippen MR) is 55.7 cm³/mol. The van der Waals surface area contributed by atoms with Gasteiger partial charge >= 0.3 is 0 Å². The van der Waals surface area contributed by atoms with E-state index in [-0.39, 0.29) is 5.75 Å². The van der Waals surface area contributed by atoms with Gasteiger partial charge in [-0.05, 0) is 6.07 Å². The van der Waals surface area contributed by atoms with Gasteiger partial charge in [-0.15, -0.1) is 0 Å². The first-order valence-electron chi connectivity index (χ1n) is 3.98. The first kappa shape index (κ1) is 10.4. The number of anilines is 1. The summed E-state index contributed by atoms with van der Waals surface area (Å²) in [6, 6.07) is 6.91. The van der Waals surface area contributed by atoms with Crippen LogP contribution >= 0.6 is 12.6 Å². The Hall–Kier alpha value is -0.710. The number of nitrogens with two attached hydrogens (primary N) is 1. The van der Waals surface area contributed by atoms with Gasteiger partial charge in [-0.1, -0.05) is 18.2 Å². The van der Waals surface area contributed by atoms with Crippen molar-refractivity contribution in [3.05, 3.63) is 29.8 Å². The average molecular weight is 199 g/mol. The van der Waals surface area contributed by atoms with Gasteiger partial charge in [0.1, 0.15) is 6.10 Å². The molecule has 2 unspecified atom stereocenters. The first-order chi connectivity index (χ1) is 6.16. The molecule has 0 aliphatic rings. The van der Waals surface area contributed by atoms with E-state index in [0.29, 0.717) is 11.3 Å². The first-order valence-corrected chi connectivity index (χ1v) is 4.61. The molecule has 72 valence electrons. The van der Waals surface area contributed by atoms with Crippen LogP contribution in [0.25, 0.3) is 0 Å². The van der Waals surface area contributed by atoms with Crippen LogP contribution in [0.1, 0.15) is 11.7 Å². The molecule has 13 heavy (non-hydrogen) atoms. The zero-order chi connectivity index (χ0) is 9.84. The maximum Gasteiger partial charge on any atom is 0.108 e. The van der Waals surface area contributed by atoms with E-state index in [4.69, 9.17) is 5.73 Å². The van der Waals surface area contributed by atoms with E-state index < -0.39 is 12.2 Å². The molecule has 0 spiro atoms. The molecule has 0 saturated carbocycles. The SMILES string of the molecule is Nc1ccccc1C(O)C(O)CS. The molecular formula is C9H13NO2S. The summed E-state index contributed by atoms with van der Waals surface area (Å²) in [5.41, 5.74) is 6.65. The lowest BCUT2D eigenvalue weighted by Gasteiger charge is -2.17. The Balaban J connectivity index is 2.88. The van der Waals surface area contributed by atoms with Crippen molar-refractivity contribution in [2.24, 2.45) is 0 Å². The van der Waals surface area contributed by atoms with Crippen molar-refractivity contribution < 1.29 is 10.2 Å². The standard InChI is InChI=1S/C9H13NO2S/c10-7-4-2-1-3-6(7)9(12)8(11)5-13/h1-4,8-9,11-13H,5,10H2. The molecule has 0 radical (unpaired) electrons. The van der Waals surface area contributed by atoms with Crippen molar-refractivity contribution in [3.63, 3.8) is 0 Å². The number of rotatable bonds is 3. The lowest BCUT2D eigenvalue weighted by molar-refractivity contribution is 0.0342. The summed E-state index contributed by atoms with van der Waals surface area (Å²) in [6.07, 6.45) is -1.84. The van der Waals surface area contributed by atoms with Gasteiger partial charge in [-0.3, -0.25) is 0 Å². The van der Waals surface area contributed by atoms with Gasteiger partial charge < -0.3 is 15.9 Å². The van der Waals surface area contributed by atoms with Gasteiger partial charge in [0.15, 0.2) is 0 Å². The van der Waals surface area contributed by atoms with E-state index in [2.05, 4.69) is 12.6 Å². The molecule has 0 amide bonds. The normalized spacial score (nSPS) is 15.3. The average Bonchev–Trinajstić information content (AvgIpc) is 2.16. The van der Waals surface area contributed by atoms with Gasteiger partial charge in [0, 0.05) is 17.0 Å². The van der Waals surface area contributed by atoms with Gasteiger partial charge in [0.05, 0.1) is 6.10 Å². The Bertz CT molecular complexity index is 280. The summed E-state index contributed by atoms with van der Waals surface area (Å²) in [7, 11) is 0. The molecule has 0 aliphatic heterocycles. The van der Waals surface area contributed by atoms with E-state index in [1.54, 1.807) is 24.3 Å². The lowest BCUT2D eigenvalue weighted by Crippen LogP contribution is -2.20. The van der Waals surface area contributed by atoms with E-state index >= 15 is 0 Å². The number of para-hydroxylation sites is 1. The smallest absolute Gasteiger partial charge is 0.108 e. The second kappa shape index (κ2) is 4.50. The number of hydrogen-bond acceptors (Lipinski definition) is 4. The molecule has 0 fully saturated rings. The Labute approximate surface area is 82.6 Å². The highest BCUT2D eigenvalue weighted by Crippen LogP contribution is 2.22. The largest absolute Gasteiger partial charge is 0.398 e. The fourth-order valence-electron chi connectivity index (χ4n) is 1.09. The molecule has 2 atom stereocenters. The monoisotopic (exact) mass is 199 g/mol. The van der Waals surface area contributed by atoms with E-state index in [1.807, 2.05) is 0 Å². The highest BCUT2D eigenvalue weighted by atomic mass is 32.1. The van der Waals surface area contributed by atoms with Crippen LogP contribution in [-0.2, 0) is 0 Å². The minimum Gasteiger partial charge on any atom is -0.398 e. The second-order valence-corrected chi connectivity index (χ2v) is 3.19. The number of nitrogen functional groups attached to an aromatic ring is 1. The molecule has 1 aromatic carbocycles. The molecule has 4 N–H and O–H groups in total. The van der Waals surface area contributed by atoms with Gasteiger partial charge in [-0.25, -0.2) is 0 Å². The van der Waals surface area contributed by atoms with Crippen molar-refractivity contribution in [1.82, 2.24) is 0 Å². The molecule has 1 rings (SSSR count). The fraction of sp³-hybridized carbons (Fsp3) is 0.333. The van der Waals surface area contributed by atoms with Gasteiger partial charge in [-0.2, -0.15) is 12.6 Å². The Kier molecular flexibility index (Phi) is 3.59. The molecule has 0 aliphatic carbocycles. The lowest BCUT2D eigenvalue weighted by atomic mass is 10.0. The molecule has 0 aromatic heterocycles. The minimum absolute atomic E-state index is 0.204. The Morgan fingerprint density at radius 3 is 2.46 bits per heavy atom. The Morgan fingerprint density at radius 1 is 1.31 bits per heavy atom. The molecule has 4 heteroatoms. The van der Waals surface area contributed by atoms with Gasteiger partial charge in [0.2, 0.25) is 0 Å². The number of aliphatic hydroxyl groups is 2. The molecular weight excluding hydrogens is 186 g/mol. The van der Waals surface area contributed by atoms with E-state index in [9.17, 15) is 10.2 Å². The quantitative estimate of drug-likeness (QED) is 0.425. The number of thiol groups is 1.